The fourth-order valence-corrected chi connectivity index (χ4v) is 2.90. The predicted octanol–water partition coefficient (Wildman–Crippen LogP) is 1.71. The summed E-state index contributed by atoms with van der Waals surface area (Å²) >= 11 is 0. The third-order valence-corrected chi connectivity index (χ3v) is 4.06. The summed E-state index contributed by atoms with van der Waals surface area (Å²) in [5.74, 6) is -3.15. The summed E-state index contributed by atoms with van der Waals surface area (Å²) in [5, 5.41) is 0. The molecule has 5 nitrogen and oxygen atoms in total. The van der Waals surface area contributed by atoms with Crippen LogP contribution >= 0.6 is 0 Å². The molecule has 1 aliphatic rings. The number of hydrogen-bond donors (Lipinski definition) is 0. The van der Waals surface area contributed by atoms with Gasteiger partial charge in [0.2, 0.25) is 5.78 Å². The van der Waals surface area contributed by atoms with Gasteiger partial charge in [-0.05, 0) is 19.4 Å². The highest BCUT2D eigenvalue weighted by atomic mass is 16.5. The van der Waals surface area contributed by atoms with Gasteiger partial charge in [0, 0.05) is 5.92 Å². The van der Waals surface area contributed by atoms with E-state index in [1.165, 1.54) is 0 Å². The zero-order valence-corrected chi connectivity index (χ0v) is 12.3. The Labute approximate surface area is 123 Å². The minimum atomic E-state index is -1.01. The van der Waals surface area contributed by atoms with Crippen molar-refractivity contribution in [2.45, 2.75) is 19.8 Å². The summed E-state index contributed by atoms with van der Waals surface area (Å²) in [6.07, 6.45) is 0. The lowest BCUT2D eigenvalue weighted by molar-refractivity contribution is -0.155. The van der Waals surface area contributed by atoms with Crippen molar-refractivity contribution in [2.24, 2.45) is 11.3 Å². The number of rotatable bonds is 5. The second kappa shape index (κ2) is 5.68. The van der Waals surface area contributed by atoms with Gasteiger partial charge in [-0.3, -0.25) is 9.59 Å². The first kappa shape index (κ1) is 15.2. The third-order valence-electron chi connectivity index (χ3n) is 4.06. The quantitative estimate of drug-likeness (QED) is 0.610. The predicted molar refractivity (Wildman–Crippen MR) is 74.4 cm³/mol. The Kier molecular flexibility index (Phi) is 4.11. The van der Waals surface area contributed by atoms with Gasteiger partial charge < -0.3 is 9.47 Å². The van der Waals surface area contributed by atoms with E-state index >= 15 is 0 Å². The van der Waals surface area contributed by atoms with Crippen LogP contribution in [0.15, 0.2) is 30.3 Å². The van der Waals surface area contributed by atoms with Gasteiger partial charge in [0.05, 0.1) is 25.0 Å². The second-order valence-corrected chi connectivity index (χ2v) is 5.23. The van der Waals surface area contributed by atoms with Crippen LogP contribution in [0.3, 0.4) is 0 Å². The van der Waals surface area contributed by atoms with Gasteiger partial charge in [0.25, 0.3) is 0 Å². The largest absolute Gasteiger partial charge is 0.466 e. The van der Waals surface area contributed by atoms with Crippen molar-refractivity contribution < 1.29 is 23.9 Å². The number of ketones is 1. The smallest absolute Gasteiger partial charge is 0.374 e. The van der Waals surface area contributed by atoms with Crippen molar-refractivity contribution in [1.82, 2.24) is 0 Å². The first-order valence-electron chi connectivity index (χ1n) is 6.82. The van der Waals surface area contributed by atoms with Crippen LogP contribution < -0.4 is 0 Å². The number of Topliss-reactive ketones (excluding diaryl/α,β-unsaturated/α-hetero) is 1. The summed E-state index contributed by atoms with van der Waals surface area (Å²) in [6, 6.07) is 9.20. The van der Waals surface area contributed by atoms with Gasteiger partial charge in [-0.15, -0.1) is 0 Å². The standard InChI is InChI=1S/C16H18O5/c1-4-21-15(19)16(2)11(10-8-6-5-7-9-10)12(16)13(17)14(18)20-3/h5-9,11-12H,4H2,1-3H3/t11-,12+,16-/m1/s1. The zero-order valence-electron chi connectivity index (χ0n) is 12.3. The van der Waals surface area contributed by atoms with Crippen molar-refractivity contribution in [3.8, 4) is 0 Å². The van der Waals surface area contributed by atoms with E-state index in [9.17, 15) is 14.4 Å². The topological polar surface area (TPSA) is 69.7 Å². The van der Waals surface area contributed by atoms with Crippen molar-refractivity contribution >= 4 is 17.7 Å². The van der Waals surface area contributed by atoms with Crippen LogP contribution in [-0.4, -0.2) is 31.4 Å². The molecule has 0 aliphatic heterocycles. The molecular weight excluding hydrogens is 272 g/mol. The van der Waals surface area contributed by atoms with Crippen LogP contribution in [0.4, 0.5) is 0 Å². The molecule has 5 heteroatoms. The number of esters is 2. The van der Waals surface area contributed by atoms with Crippen LogP contribution in [0.25, 0.3) is 0 Å². The minimum absolute atomic E-state index is 0.231. The van der Waals surface area contributed by atoms with Gasteiger partial charge in [0.15, 0.2) is 0 Å². The van der Waals surface area contributed by atoms with Gasteiger partial charge in [-0.1, -0.05) is 30.3 Å². The highest BCUT2D eigenvalue weighted by molar-refractivity contribution is 6.36. The number of ether oxygens (including phenoxy) is 2. The SMILES string of the molecule is CCOC(=O)[C@@]1(C)[C@H](C(=O)C(=O)OC)[C@H]1c1ccccc1. The lowest BCUT2D eigenvalue weighted by Crippen LogP contribution is -2.25. The Morgan fingerprint density at radius 1 is 1.19 bits per heavy atom. The molecule has 1 aliphatic carbocycles. The van der Waals surface area contributed by atoms with Crippen molar-refractivity contribution in [3.63, 3.8) is 0 Å². The first-order chi connectivity index (χ1) is 9.98. The van der Waals surface area contributed by atoms with E-state index in [0.29, 0.717) is 0 Å². The van der Waals surface area contributed by atoms with E-state index in [0.717, 1.165) is 12.7 Å². The zero-order chi connectivity index (χ0) is 15.6. The molecule has 0 N–H and O–H groups in total. The Morgan fingerprint density at radius 3 is 2.33 bits per heavy atom. The fraction of sp³-hybridized carbons (Fsp3) is 0.438. The molecule has 1 fully saturated rings. The molecule has 3 atom stereocenters. The summed E-state index contributed by atoms with van der Waals surface area (Å²) < 4.78 is 9.56. The van der Waals surface area contributed by atoms with Crippen LogP contribution in [-0.2, 0) is 23.9 Å². The molecular formula is C16H18O5. The maximum Gasteiger partial charge on any atom is 0.374 e. The summed E-state index contributed by atoms with van der Waals surface area (Å²) in [6.45, 7) is 3.60. The lowest BCUT2D eigenvalue weighted by Gasteiger charge is -2.10. The van der Waals surface area contributed by atoms with Crippen LogP contribution in [0.2, 0.25) is 0 Å². The Hall–Kier alpha value is -2.17. The molecule has 1 saturated carbocycles. The molecule has 112 valence electrons. The van der Waals surface area contributed by atoms with E-state index < -0.39 is 29.1 Å². The van der Waals surface area contributed by atoms with E-state index in [-0.39, 0.29) is 12.5 Å². The molecule has 0 aromatic heterocycles. The van der Waals surface area contributed by atoms with Crippen LogP contribution in [0.1, 0.15) is 25.3 Å². The molecule has 0 amide bonds. The van der Waals surface area contributed by atoms with Gasteiger partial charge in [-0.2, -0.15) is 0 Å². The number of carbonyl (C=O) groups excluding carboxylic acids is 3. The third kappa shape index (κ3) is 2.44. The van der Waals surface area contributed by atoms with Crippen molar-refractivity contribution in [2.75, 3.05) is 13.7 Å². The van der Waals surface area contributed by atoms with Crippen molar-refractivity contribution in [1.29, 1.82) is 0 Å². The fourth-order valence-electron chi connectivity index (χ4n) is 2.90. The Bertz CT molecular complexity index is 565. The second-order valence-electron chi connectivity index (χ2n) is 5.23. The van der Waals surface area contributed by atoms with E-state index in [1.54, 1.807) is 13.8 Å². The van der Waals surface area contributed by atoms with Gasteiger partial charge in [-0.25, -0.2) is 4.79 Å². The molecule has 0 radical (unpaired) electrons. The molecule has 21 heavy (non-hydrogen) atoms. The normalized spacial score (nSPS) is 26.8. The number of benzene rings is 1. The van der Waals surface area contributed by atoms with Crippen LogP contribution in [0, 0.1) is 11.3 Å². The summed E-state index contributed by atoms with van der Waals surface area (Å²) in [4.78, 5) is 35.9. The maximum atomic E-state index is 12.2. The number of carbonyl (C=O) groups is 3. The molecule has 0 bridgehead atoms. The molecule has 2 rings (SSSR count). The van der Waals surface area contributed by atoms with E-state index in [1.807, 2.05) is 30.3 Å². The molecule has 0 saturated heterocycles. The first-order valence-corrected chi connectivity index (χ1v) is 6.82. The highest BCUT2D eigenvalue weighted by Gasteiger charge is 2.71. The van der Waals surface area contributed by atoms with Crippen molar-refractivity contribution in [3.05, 3.63) is 35.9 Å². The Balaban J connectivity index is 2.35. The van der Waals surface area contributed by atoms with Gasteiger partial charge >= 0.3 is 11.9 Å². The number of methoxy groups -OCH3 is 1. The highest BCUT2D eigenvalue weighted by Crippen LogP contribution is 2.65. The average Bonchev–Trinajstić information content (AvgIpc) is 3.14. The lowest BCUT2D eigenvalue weighted by atomic mass is 10.0. The molecule has 0 heterocycles. The monoisotopic (exact) mass is 290 g/mol. The molecule has 0 spiro atoms. The number of hydrogen-bond acceptors (Lipinski definition) is 5. The maximum absolute atomic E-state index is 12.2. The van der Waals surface area contributed by atoms with E-state index in [4.69, 9.17) is 4.74 Å². The molecule has 0 unspecified atom stereocenters. The average molecular weight is 290 g/mol. The summed E-state index contributed by atoms with van der Waals surface area (Å²) in [5.41, 5.74) is -0.168. The van der Waals surface area contributed by atoms with Crippen LogP contribution in [0.5, 0.6) is 0 Å². The molecule has 1 aromatic carbocycles. The molecule has 1 aromatic rings. The van der Waals surface area contributed by atoms with E-state index in [2.05, 4.69) is 4.74 Å². The Morgan fingerprint density at radius 2 is 1.81 bits per heavy atom. The van der Waals surface area contributed by atoms with Gasteiger partial charge in [0.1, 0.15) is 0 Å². The minimum Gasteiger partial charge on any atom is -0.466 e. The summed E-state index contributed by atoms with van der Waals surface area (Å²) in [7, 11) is 1.15.